The van der Waals surface area contributed by atoms with Crippen molar-refractivity contribution in [2.45, 2.75) is 13.1 Å². The molecule has 2 N–H and O–H groups in total. The number of methoxy groups -OCH3 is 1. The molecule has 120 valence electrons. The van der Waals surface area contributed by atoms with Crippen LogP contribution in [0.1, 0.15) is 12.7 Å². The summed E-state index contributed by atoms with van der Waals surface area (Å²) in [5, 5.41) is 5.52. The Kier molecular flexibility index (Phi) is 7.17. The lowest BCUT2D eigenvalue weighted by atomic mass is 10.4. The minimum absolute atomic E-state index is 0.101. The zero-order chi connectivity index (χ0) is 15.7. The number of hydrogen-bond acceptors (Lipinski definition) is 6. The standard InChI is InChI=1S/C12H19F3N4O2/c1-3-16-9-8-10(17-4-5-21-7-6-20-2)19-11(18-9)12(13,14)15/h8H,3-7H2,1-2H3,(H2,16,17,18,19). The first-order chi connectivity index (χ1) is 9.97. The number of halogens is 3. The van der Waals surface area contributed by atoms with E-state index in [0.717, 1.165) is 0 Å². The maximum Gasteiger partial charge on any atom is 0.451 e. The van der Waals surface area contributed by atoms with Gasteiger partial charge in [0.1, 0.15) is 11.6 Å². The molecule has 21 heavy (non-hydrogen) atoms. The van der Waals surface area contributed by atoms with Gasteiger partial charge in [-0.2, -0.15) is 13.2 Å². The largest absolute Gasteiger partial charge is 0.451 e. The predicted octanol–water partition coefficient (Wildman–Crippen LogP) is 2.00. The van der Waals surface area contributed by atoms with Gasteiger partial charge in [0, 0.05) is 26.3 Å². The molecule has 0 aromatic carbocycles. The van der Waals surface area contributed by atoms with Crippen LogP contribution in [-0.2, 0) is 15.7 Å². The Labute approximate surface area is 121 Å². The lowest BCUT2D eigenvalue weighted by molar-refractivity contribution is -0.144. The van der Waals surface area contributed by atoms with Gasteiger partial charge in [-0.25, -0.2) is 9.97 Å². The van der Waals surface area contributed by atoms with Crippen molar-refractivity contribution < 1.29 is 22.6 Å². The molecule has 0 amide bonds. The quantitative estimate of drug-likeness (QED) is 0.680. The molecule has 0 bridgehead atoms. The molecule has 0 aliphatic carbocycles. The zero-order valence-electron chi connectivity index (χ0n) is 12.0. The van der Waals surface area contributed by atoms with Gasteiger partial charge in [0.25, 0.3) is 0 Å². The molecule has 0 unspecified atom stereocenters. The van der Waals surface area contributed by atoms with Crippen molar-refractivity contribution in [3.63, 3.8) is 0 Å². The summed E-state index contributed by atoms with van der Waals surface area (Å²) in [6.07, 6.45) is -4.59. The van der Waals surface area contributed by atoms with Gasteiger partial charge in [-0.05, 0) is 6.92 Å². The molecule has 6 nitrogen and oxygen atoms in total. The Morgan fingerprint density at radius 2 is 1.76 bits per heavy atom. The van der Waals surface area contributed by atoms with Gasteiger partial charge in [-0.3, -0.25) is 0 Å². The molecular formula is C12H19F3N4O2. The van der Waals surface area contributed by atoms with E-state index in [1.165, 1.54) is 6.07 Å². The molecule has 1 heterocycles. The van der Waals surface area contributed by atoms with Crippen molar-refractivity contribution in [2.24, 2.45) is 0 Å². The van der Waals surface area contributed by atoms with E-state index in [4.69, 9.17) is 9.47 Å². The number of ether oxygens (including phenoxy) is 2. The second kappa shape index (κ2) is 8.63. The van der Waals surface area contributed by atoms with Gasteiger partial charge >= 0.3 is 6.18 Å². The van der Waals surface area contributed by atoms with Gasteiger partial charge in [0.15, 0.2) is 0 Å². The Balaban J connectivity index is 2.61. The molecule has 0 fully saturated rings. The first-order valence-electron chi connectivity index (χ1n) is 6.48. The zero-order valence-corrected chi connectivity index (χ0v) is 12.0. The summed E-state index contributed by atoms with van der Waals surface area (Å²) in [6, 6.07) is 1.42. The summed E-state index contributed by atoms with van der Waals surface area (Å²) in [7, 11) is 1.56. The van der Waals surface area contributed by atoms with Crippen molar-refractivity contribution in [2.75, 3.05) is 50.7 Å². The summed E-state index contributed by atoms with van der Waals surface area (Å²) in [6.45, 7) is 3.81. The third-order valence-electron chi connectivity index (χ3n) is 2.32. The Bertz CT molecular complexity index is 429. The van der Waals surface area contributed by atoms with Crippen LogP contribution < -0.4 is 10.6 Å². The number of nitrogens with one attached hydrogen (secondary N) is 2. The first kappa shape index (κ1) is 17.4. The van der Waals surface area contributed by atoms with Crippen LogP contribution in [0.25, 0.3) is 0 Å². The van der Waals surface area contributed by atoms with Crippen LogP contribution in [0.4, 0.5) is 24.8 Å². The van der Waals surface area contributed by atoms with E-state index in [1.807, 2.05) is 0 Å². The minimum atomic E-state index is -4.59. The number of hydrogen-bond donors (Lipinski definition) is 2. The van der Waals surface area contributed by atoms with Crippen molar-refractivity contribution >= 4 is 11.6 Å². The van der Waals surface area contributed by atoms with Gasteiger partial charge in [-0.1, -0.05) is 0 Å². The molecule has 0 aliphatic heterocycles. The smallest absolute Gasteiger partial charge is 0.382 e. The van der Waals surface area contributed by atoms with Gasteiger partial charge in [0.05, 0.1) is 19.8 Å². The highest BCUT2D eigenvalue weighted by Gasteiger charge is 2.35. The topological polar surface area (TPSA) is 68.3 Å². The lowest BCUT2D eigenvalue weighted by Crippen LogP contribution is -2.17. The van der Waals surface area contributed by atoms with Crippen molar-refractivity contribution in [3.8, 4) is 0 Å². The van der Waals surface area contributed by atoms with Crippen LogP contribution in [0.15, 0.2) is 6.07 Å². The average molecular weight is 308 g/mol. The monoisotopic (exact) mass is 308 g/mol. The van der Waals surface area contributed by atoms with E-state index in [-0.39, 0.29) is 11.6 Å². The highest BCUT2D eigenvalue weighted by atomic mass is 19.4. The molecule has 1 aromatic heterocycles. The second-order valence-corrected chi connectivity index (χ2v) is 4.02. The summed E-state index contributed by atoms with van der Waals surface area (Å²) in [5.74, 6) is -0.949. The van der Waals surface area contributed by atoms with Gasteiger partial charge in [0.2, 0.25) is 5.82 Å². The van der Waals surface area contributed by atoms with Crippen LogP contribution in [0, 0.1) is 0 Å². The second-order valence-electron chi connectivity index (χ2n) is 4.02. The Morgan fingerprint density at radius 3 is 2.33 bits per heavy atom. The van der Waals surface area contributed by atoms with Crippen molar-refractivity contribution in [1.29, 1.82) is 0 Å². The maximum atomic E-state index is 12.7. The molecule has 0 aliphatic rings. The summed E-state index contributed by atoms with van der Waals surface area (Å²) in [5.41, 5.74) is 0. The predicted molar refractivity (Wildman–Crippen MR) is 72.4 cm³/mol. The van der Waals surface area contributed by atoms with Crippen molar-refractivity contribution in [3.05, 3.63) is 11.9 Å². The molecule has 0 spiro atoms. The first-order valence-corrected chi connectivity index (χ1v) is 6.48. The number of nitrogens with zero attached hydrogens (tertiary/aromatic N) is 2. The molecule has 0 radical (unpaired) electrons. The Hall–Kier alpha value is -1.61. The third-order valence-corrected chi connectivity index (χ3v) is 2.32. The van der Waals surface area contributed by atoms with Crippen LogP contribution in [-0.4, -0.2) is 50.0 Å². The molecule has 0 saturated heterocycles. The normalized spacial score (nSPS) is 11.5. The van der Waals surface area contributed by atoms with Gasteiger partial charge < -0.3 is 20.1 Å². The Morgan fingerprint density at radius 1 is 1.10 bits per heavy atom. The van der Waals surface area contributed by atoms with E-state index < -0.39 is 12.0 Å². The summed E-state index contributed by atoms with van der Waals surface area (Å²) < 4.78 is 48.1. The molecule has 0 saturated carbocycles. The number of alkyl halides is 3. The van der Waals surface area contributed by atoms with Crippen LogP contribution in [0.2, 0.25) is 0 Å². The number of anilines is 2. The highest BCUT2D eigenvalue weighted by Crippen LogP contribution is 2.28. The van der Waals surface area contributed by atoms with E-state index >= 15 is 0 Å². The summed E-state index contributed by atoms with van der Waals surface area (Å²) >= 11 is 0. The molecular weight excluding hydrogens is 289 g/mol. The third kappa shape index (κ3) is 6.58. The van der Waals surface area contributed by atoms with E-state index in [9.17, 15) is 13.2 Å². The number of aromatic nitrogens is 2. The molecule has 9 heteroatoms. The lowest BCUT2D eigenvalue weighted by Gasteiger charge is -2.12. The molecule has 1 rings (SSSR count). The van der Waals surface area contributed by atoms with E-state index in [0.29, 0.717) is 32.9 Å². The molecule has 0 atom stereocenters. The fourth-order valence-corrected chi connectivity index (χ4v) is 1.43. The highest BCUT2D eigenvalue weighted by molar-refractivity contribution is 5.47. The van der Waals surface area contributed by atoms with Gasteiger partial charge in [-0.15, -0.1) is 0 Å². The van der Waals surface area contributed by atoms with E-state index in [2.05, 4.69) is 20.6 Å². The number of rotatable bonds is 9. The van der Waals surface area contributed by atoms with Crippen LogP contribution >= 0.6 is 0 Å². The van der Waals surface area contributed by atoms with Crippen molar-refractivity contribution in [1.82, 2.24) is 9.97 Å². The summed E-state index contributed by atoms with van der Waals surface area (Å²) in [4.78, 5) is 6.88. The van der Waals surface area contributed by atoms with Crippen LogP contribution in [0.3, 0.4) is 0 Å². The molecule has 1 aromatic rings. The minimum Gasteiger partial charge on any atom is -0.382 e. The van der Waals surface area contributed by atoms with Crippen LogP contribution in [0.5, 0.6) is 0 Å². The fraction of sp³-hybridized carbons (Fsp3) is 0.667. The fourth-order valence-electron chi connectivity index (χ4n) is 1.43. The van der Waals surface area contributed by atoms with E-state index in [1.54, 1.807) is 14.0 Å². The maximum absolute atomic E-state index is 12.7. The SMILES string of the molecule is CCNc1cc(NCCOCCOC)nc(C(F)(F)F)n1. The average Bonchev–Trinajstić information content (AvgIpc) is 2.42.